The maximum absolute atomic E-state index is 13.4. The van der Waals surface area contributed by atoms with Gasteiger partial charge < -0.3 is 21.1 Å². The van der Waals surface area contributed by atoms with Crippen LogP contribution in [0.15, 0.2) is 24.3 Å². The van der Waals surface area contributed by atoms with Gasteiger partial charge in [-0.2, -0.15) is 0 Å². The van der Waals surface area contributed by atoms with Crippen LogP contribution in [0, 0.1) is 22.7 Å². The van der Waals surface area contributed by atoms with Crippen LogP contribution >= 0.6 is 0 Å². The Labute approximate surface area is 190 Å². The van der Waals surface area contributed by atoms with Crippen molar-refractivity contribution in [2.45, 2.75) is 59.4 Å². The Morgan fingerprint density at radius 3 is 2.16 bits per heavy atom. The zero-order chi connectivity index (χ0) is 24.1. The van der Waals surface area contributed by atoms with Crippen LogP contribution in [-0.2, 0) is 9.59 Å². The van der Waals surface area contributed by atoms with Gasteiger partial charge in [-0.05, 0) is 57.1 Å². The second kappa shape index (κ2) is 10.6. The van der Waals surface area contributed by atoms with Crippen molar-refractivity contribution in [2.24, 2.45) is 23.0 Å². The van der Waals surface area contributed by atoms with Crippen LogP contribution in [0.2, 0.25) is 0 Å². The number of carbonyl (C=O) groups excluding carboxylic acids is 2. The molecule has 2 amide bonds. The summed E-state index contributed by atoms with van der Waals surface area (Å²) in [7, 11) is 0. The average Bonchev–Trinajstić information content (AvgIpc) is 2.72. The molecule has 1 saturated heterocycles. The Balaban J connectivity index is 2.12. The molecule has 1 aromatic rings. The molecule has 0 radical (unpaired) electrons. The normalized spacial score (nSPS) is 16.0. The first-order valence-corrected chi connectivity index (χ1v) is 11.2. The van der Waals surface area contributed by atoms with Gasteiger partial charge in [0.05, 0.1) is 5.41 Å². The number of hydrogen-bond donors (Lipinski definition) is 4. The highest BCUT2D eigenvalue weighted by Crippen LogP contribution is 2.31. The highest BCUT2D eigenvalue weighted by Gasteiger charge is 2.41. The molecule has 8 heteroatoms. The van der Waals surface area contributed by atoms with E-state index in [2.05, 4.69) is 19.2 Å². The highest BCUT2D eigenvalue weighted by atomic mass is 16.4. The van der Waals surface area contributed by atoms with E-state index in [-0.39, 0.29) is 41.9 Å². The lowest BCUT2D eigenvalue weighted by molar-refractivity contribution is -0.144. The third kappa shape index (κ3) is 6.55. The van der Waals surface area contributed by atoms with Gasteiger partial charge in [-0.25, -0.2) is 0 Å². The first-order valence-electron chi connectivity index (χ1n) is 11.2. The average molecular weight is 445 g/mol. The van der Waals surface area contributed by atoms with Crippen molar-refractivity contribution in [3.05, 3.63) is 35.4 Å². The van der Waals surface area contributed by atoms with E-state index in [0.29, 0.717) is 43.5 Å². The number of amidine groups is 1. The summed E-state index contributed by atoms with van der Waals surface area (Å²) in [6.07, 6.45) is 2.14. The summed E-state index contributed by atoms with van der Waals surface area (Å²) in [6.45, 7) is 8.91. The van der Waals surface area contributed by atoms with Crippen molar-refractivity contribution in [1.29, 1.82) is 5.41 Å². The fourth-order valence-corrected chi connectivity index (χ4v) is 4.19. The van der Waals surface area contributed by atoms with E-state index in [1.54, 1.807) is 29.2 Å². The summed E-state index contributed by atoms with van der Waals surface area (Å²) >= 11 is 0. The SMILES string of the molecule is CC(C)C[C@@H](NC(=O)c1ccc(C(=N)N)cc1)C(C)(C)C(=O)N1CCC(CC(=O)O)CC1. The van der Waals surface area contributed by atoms with Gasteiger partial charge in [0, 0.05) is 36.7 Å². The number of benzene rings is 1. The minimum absolute atomic E-state index is 0.0239. The van der Waals surface area contributed by atoms with Crippen LogP contribution in [0.25, 0.3) is 0 Å². The molecule has 8 nitrogen and oxygen atoms in total. The van der Waals surface area contributed by atoms with Crippen molar-refractivity contribution in [3.8, 4) is 0 Å². The third-order valence-electron chi connectivity index (χ3n) is 6.26. The van der Waals surface area contributed by atoms with Gasteiger partial charge in [0.2, 0.25) is 5.91 Å². The number of aliphatic carboxylic acids is 1. The molecule has 1 aromatic carbocycles. The molecule has 1 heterocycles. The smallest absolute Gasteiger partial charge is 0.303 e. The van der Waals surface area contributed by atoms with Crippen molar-refractivity contribution in [2.75, 3.05) is 13.1 Å². The summed E-state index contributed by atoms with van der Waals surface area (Å²) in [5.41, 5.74) is 5.65. The molecule has 0 unspecified atom stereocenters. The lowest BCUT2D eigenvalue weighted by Gasteiger charge is -2.41. The van der Waals surface area contributed by atoms with Crippen LogP contribution in [0.3, 0.4) is 0 Å². The number of carbonyl (C=O) groups is 3. The lowest BCUT2D eigenvalue weighted by Crippen LogP contribution is -2.55. The van der Waals surface area contributed by atoms with E-state index in [4.69, 9.17) is 16.2 Å². The Hall–Kier alpha value is -2.90. The minimum atomic E-state index is -0.821. The Bertz CT molecular complexity index is 840. The number of carboxylic acid groups (broad SMARTS) is 1. The molecular formula is C24H36N4O4. The van der Waals surface area contributed by atoms with Gasteiger partial charge in [0.15, 0.2) is 0 Å². The summed E-state index contributed by atoms with van der Waals surface area (Å²) in [4.78, 5) is 39.1. The third-order valence-corrected chi connectivity index (χ3v) is 6.26. The number of nitrogens with one attached hydrogen (secondary N) is 2. The first kappa shape index (κ1) is 25.4. The standard InChI is InChI=1S/C24H36N4O4/c1-15(2)13-19(27-22(31)18-7-5-17(6-8-18)21(25)26)24(3,4)23(32)28-11-9-16(10-12-28)14-20(29)30/h5-8,15-16,19H,9-14H2,1-4H3,(H3,25,26)(H,27,31)(H,29,30)/t19-/m1/s1. The molecule has 1 fully saturated rings. The Morgan fingerprint density at radius 2 is 1.69 bits per heavy atom. The van der Waals surface area contributed by atoms with Gasteiger partial charge in [-0.3, -0.25) is 19.8 Å². The molecular weight excluding hydrogens is 408 g/mol. The van der Waals surface area contributed by atoms with Gasteiger partial charge in [0.25, 0.3) is 5.91 Å². The van der Waals surface area contributed by atoms with Crippen molar-refractivity contribution in [1.82, 2.24) is 10.2 Å². The molecule has 5 N–H and O–H groups in total. The van der Waals surface area contributed by atoms with E-state index < -0.39 is 11.4 Å². The number of nitrogens with zero attached hydrogens (tertiary/aromatic N) is 1. The quantitative estimate of drug-likeness (QED) is 0.343. The van der Waals surface area contributed by atoms with Crippen LogP contribution in [0.1, 0.15) is 69.3 Å². The number of nitrogen functional groups attached to an aromatic ring is 1. The molecule has 0 bridgehead atoms. The molecule has 2 rings (SSSR count). The summed E-state index contributed by atoms with van der Waals surface area (Å²) < 4.78 is 0. The minimum Gasteiger partial charge on any atom is -0.481 e. The Kier molecular flexibility index (Phi) is 8.41. The predicted molar refractivity (Wildman–Crippen MR) is 124 cm³/mol. The van der Waals surface area contributed by atoms with Crippen molar-refractivity contribution < 1.29 is 19.5 Å². The molecule has 0 aromatic heterocycles. The summed E-state index contributed by atoms with van der Waals surface area (Å²) in [5, 5.41) is 19.6. The number of carboxylic acids is 1. The van der Waals surface area contributed by atoms with Crippen LogP contribution in [-0.4, -0.2) is 52.8 Å². The number of likely N-dealkylation sites (tertiary alicyclic amines) is 1. The molecule has 1 atom stereocenters. The van der Waals surface area contributed by atoms with Gasteiger partial charge in [-0.1, -0.05) is 26.0 Å². The molecule has 1 aliphatic rings. The van der Waals surface area contributed by atoms with Crippen LogP contribution < -0.4 is 11.1 Å². The predicted octanol–water partition coefficient (Wildman–Crippen LogP) is 2.85. The topological polar surface area (TPSA) is 137 Å². The molecule has 0 spiro atoms. The number of nitrogens with two attached hydrogens (primary N) is 1. The first-order chi connectivity index (χ1) is 14.9. The number of piperidine rings is 1. The van der Waals surface area contributed by atoms with E-state index in [9.17, 15) is 14.4 Å². The molecule has 32 heavy (non-hydrogen) atoms. The summed E-state index contributed by atoms with van der Waals surface area (Å²) in [6, 6.07) is 6.14. The summed E-state index contributed by atoms with van der Waals surface area (Å²) in [5.74, 6) is -0.784. The Morgan fingerprint density at radius 1 is 1.16 bits per heavy atom. The van der Waals surface area contributed by atoms with E-state index in [0.717, 1.165) is 0 Å². The largest absolute Gasteiger partial charge is 0.481 e. The molecule has 0 aliphatic carbocycles. The van der Waals surface area contributed by atoms with E-state index in [1.165, 1.54) is 0 Å². The second-order valence-corrected chi connectivity index (χ2v) is 9.70. The zero-order valence-electron chi connectivity index (χ0n) is 19.5. The van der Waals surface area contributed by atoms with Crippen molar-refractivity contribution in [3.63, 3.8) is 0 Å². The van der Waals surface area contributed by atoms with Crippen LogP contribution in [0.5, 0.6) is 0 Å². The van der Waals surface area contributed by atoms with Gasteiger partial charge in [-0.15, -0.1) is 0 Å². The maximum atomic E-state index is 13.4. The highest BCUT2D eigenvalue weighted by molar-refractivity contribution is 5.98. The fourth-order valence-electron chi connectivity index (χ4n) is 4.19. The second-order valence-electron chi connectivity index (χ2n) is 9.70. The van der Waals surface area contributed by atoms with E-state index >= 15 is 0 Å². The van der Waals surface area contributed by atoms with Gasteiger partial charge in [0.1, 0.15) is 5.84 Å². The lowest BCUT2D eigenvalue weighted by atomic mass is 9.78. The van der Waals surface area contributed by atoms with Gasteiger partial charge >= 0.3 is 5.97 Å². The monoisotopic (exact) mass is 444 g/mol. The maximum Gasteiger partial charge on any atom is 0.303 e. The molecule has 1 aliphatic heterocycles. The number of hydrogen-bond acceptors (Lipinski definition) is 4. The van der Waals surface area contributed by atoms with Crippen molar-refractivity contribution >= 4 is 23.6 Å². The van der Waals surface area contributed by atoms with Crippen LogP contribution in [0.4, 0.5) is 0 Å². The van der Waals surface area contributed by atoms with E-state index in [1.807, 2.05) is 13.8 Å². The zero-order valence-corrected chi connectivity index (χ0v) is 19.5. The number of rotatable bonds is 9. The molecule has 0 saturated carbocycles. The molecule has 176 valence electrons. The number of amides is 2. The fraction of sp³-hybridized carbons (Fsp3) is 0.583.